The highest BCUT2D eigenvalue weighted by molar-refractivity contribution is 7.87. The van der Waals surface area contributed by atoms with Crippen LogP contribution >= 0.6 is 23.2 Å². The second kappa shape index (κ2) is 4.99. The zero-order chi connectivity index (χ0) is 14.2. The van der Waals surface area contributed by atoms with E-state index in [0.717, 1.165) is 18.2 Å². The number of rotatable bonds is 3. The summed E-state index contributed by atoms with van der Waals surface area (Å²) in [6.45, 7) is 0. The van der Waals surface area contributed by atoms with Crippen LogP contribution in [-0.2, 0) is 17.2 Å². The monoisotopic (exact) mass is 324 g/mol. The van der Waals surface area contributed by atoms with Gasteiger partial charge in [-0.15, -0.1) is 0 Å². The van der Waals surface area contributed by atoms with Crippen LogP contribution in [-0.4, -0.2) is 18.0 Å². The highest BCUT2D eigenvalue weighted by Crippen LogP contribution is 2.29. The lowest BCUT2D eigenvalue weighted by atomic mass is 10.3. The van der Waals surface area contributed by atoms with E-state index in [9.17, 15) is 12.8 Å². The van der Waals surface area contributed by atoms with Gasteiger partial charge in [-0.05, 0) is 18.2 Å². The minimum atomic E-state index is -4.23. The third-order valence-corrected chi connectivity index (χ3v) is 4.19. The molecule has 19 heavy (non-hydrogen) atoms. The third kappa shape index (κ3) is 2.83. The molecule has 2 aromatic rings. The van der Waals surface area contributed by atoms with Gasteiger partial charge in [0, 0.05) is 7.05 Å². The quantitative estimate of drug-likeness (QED) is 0.814. The number of hydrogen-bond donors (Lipinski definition) is 0. The molecule has 0 N–H and O–H groups in total. The Kier molecular flexibility index (Phi) is 3.71. The van der Waals surface area contributed by atoms with E-state index < -0.39 is 21.0 Å². The van der Waals surface area contributed by atoms with E-state index in [2.05, 4.69) is 4.98 Å². The first-order valence-electron chi connectivity index (χ1n) is 4.87. The Morgan fingerprint density at radius 3 is 2.58 bits per heavy atom. The topological polar surface area (TPSA) is 61.2 Å². The predicted molar refractivity (Wildman–Crippen MR) is 67.4 cm³/mol. The van der Waals surface area contributed by atoms with Gasteiger partial charge in [0.15, 0.2) is 10.9 Å². The van der Waals surface area contributed by atoms with Crippen molar-refractivity contribution >= 4 is 33.3 Å². The second-order valence-electron chi connectivity index (χ2n) is 3.56. The van der Waals surface area contributed by atoms with Crippen LogP contribution in [0.15, 0.2) is 29.6 Å². The first kappa shape index (κ1) is 14.1. The summed E-state index contributed by atoms with van der Waals surface area (Å²) in [7, 11) is -2.70. The fourth-order valence-corrected chi connectivity index (χ4v) is 2.88. The summed E-state index contributed by atoms with van der Waals surface area (Å²) < 4.78 is 42.8. The van der Waals surface area contributed by atoms with Crippen LogP contribution in [0.4, 0.5) is 4.39 Å². The molecule has 0 aliphatic rings. The van der Waals surface area contributed by atoms with Gasteiger partial charge in [0.05, 0.1) is 11.3 Å². The number of aryl methyl sites for hydroxylation is 1. The molecule has 0 unspecified atom stereocenters. The van der Waals surface area contributed by atoms with E-state index in [1.807, 2.05) is 0 Å². The Morgan fingerprint density at radius 1 is 1.37 bits per heavy atom. The molecule has 2 rings (SSSR count). The van der Waals surface area contributed by atoms with Crippen molar-refractivity contribution in [3.05, 3.63) is 40.5 Å². The zero-order valence-electron chi connectivity index (χ0n) is 9.47. The highest BCUT2D eigenvalue weighted by Gasteiger charge is 2.25. The predicted octanol–water partition coefficient (Wildman–Crippen LogP) is 2.63. The molecule has 0 aliphatic carbocycles. The van der Waals surface area contributed by atoms with E-state index in [4.69, 9.17) is 27.4 Å². The Balaban J connectivity index is 2.39. The molecule has 0 bridgehead atoms. The van der Waals surface area contributed by atoms with E-state index >= 15 is 0 Å². The SMILES string of the molecule is Cn1cnc(S(=O)(=O)Oc2ccc(F)cc2Cl)c1Cl. The third-order valence-electron chi connectivity index (χ3n) is 2.16. The van der Waals surface area contributed by atoms with Crippen LogP contribution in [0.2, 0.25) is 10.2 Å². The summed E-state index contributed by atoms with van der Waals surface area (Å²) in [5, 5.41) is -0.703. The minimum absolute atomic E-state index is 0.0989. The van der Waals surface area contributed by atoms with Crippen LogP contribution in [0.5, 0.6) is 5.75 Å². The van der Waals surface area contributed by atoms with Crippen molar-refractivity contribution in [2.75, 3.05) is 0 Å². The largest absolute Gasteiger partial charge is 0.376 e. The molecule has 9 heteroatoms. The lowest BCUT2D eigenvalue weighted by Crippen LogP contribution is -2.11. The second-order valence-corrected chi connectivity index (χ2v) is 5.79. The number of halogens is 3. The first-order valence-corrected chi connectivity index (χ1v) is 7.04. The van der Waals surface area contributed by atoms with Gasteiger partial charge in [-0.3, -0.25) is 0 Å². The fraction of sp³-hybridized carbons (Fsp3) is 0.100. The minimum Gasteiger partial charge on any atom is -0.376 e. The molecular weight excluding hydrogens is 318 g/mol. The summed E-state index contributed by atoms with van der Waals surface area (Å²) >= 11 is 11.5. The maximum Gasteiger partial charge on any atom is 0.360 e. The van der Waals surface area contributed by atoms with Crippen molar-refractivity contribution in [3.8, 4) is 5.75 Å². The molecule has 5 nitrogen and oxygen atoms in total. The van der Waals surface area contributed by atoms with Gasteiger partial charge >= 0.3 is 10.1 Å². The van der Waals surface area contributed by atoms with Crippen LogP contribution in [0.3, 0.4) is 0 Å². The Labute approximate surface area is 118 Å². The highest BCUT2D eigenvalue weighted by atomic mass is 35.5. The molecule has 0 saturated carbocycles. The molecule has 0 saturated heterocycles. The Bertz CT molecular complexity index is 730. The van der Waals surface area contributed by atoms with Gasteiger partial charge in [0.25, 0.3) is 0 Å². The molecule has 102 valence electrons. The van der Waals surface area contributed by atoms with Gasteiger partial charge in [-0.25, -0.2) is 9.37 Å². The van der Waals surface area contributed by atoms with Gasteiger partial charge in [-0.1, -0.05) is 23.2 Å². The molecule has 0 atom stereocenters. The molecule has 1 aromatic carbocycles. The normalized spacial score (nSPS) is 11.6. The first-order chi connectivity index (χ1) is 8.81. The smallest absolute Gasteiger partial charge is 0.360 e. The van der Waals surface area contributed by atoms with Crippen molar-refractivity contribution in [2.45, 2.75) is 5.03 Å². The average Bonchev–Trinajstić information content (AvgIpc) is 2.64. The van der Waals surface area contributed by atoms with Crippen molar-refractivity contribution in [3.63, 3.8) is 0 Å². The molecule has 1 heterocycles. The Hall–Kier alpha value is -1.31. The van der Waals surface area contributed by atoms with Crippen LogP contribution in [0.25, 0.3) is 0 Å². The maximum atomic E-state index is 12.8. The molecule has 0 amide bonds. The standard InChI is InChI=1S/C10H7Cl2FN2O3S/c1-15-5-14-10(9(15)12)19(16,17)18-8-3-2-6(13)4-7(8)11/h2-5H,1H3. The van der Waals surface area contributed by atoms with Crippen LogP contribution in [0.1, 0.15) is 0 Å². The summed E-state index contributed by atoms with van der Waals surface area (Å²) in [6.07, 6.45) is 1.23. The van der Waals surface area contributed by atoms with E-state index in [1.54, 1.807) is 0 Å². The zero-order valence-corrected chi connectivity index (χ0v) is 11.8. The van der Waals surface area contributed by atoms with E-state index in [-0.39, 0.29) is 15.9 Å². The number of benzene rings is 1. The van der Waals surface area contributed by atoms with E-state index in [0.29, 0.717) is 0 Å². The van der Waals surface area contributed by atoms with Crippen LogP contribution in [0, 0.1) is 5.82 Å². The molecule has 0 radical (unpaired) electrons. The molecule has 0 fully saturated rings. The van der Waals surface area contributed by atoms with Gasteiger partial charge in [0.1, 0.15) is 5.82 Å². The molecular formula is C10H7Cl2FN2O3S. The van der Waals surface area contributed by atoms with Crippen LogP contribution < -0.4 is 4.18 Å². The van der Waals surface area contributed by atoms with Crippen molar-refractivity contribution < 1.29 is 17.0 Å². The van der Waals surface area contributed by atoms with Crippen molar-refractivity contribution in [1.29, 1.82) is 0 Å². The summed E-state index contributed by atoms with van der Waals surface area (Å²) in [5.74, 6) is -0.810. The maximum absolute atomic E-state index is 12.8. The fourth-order valence-electron chi connectivity index (χ4n) is 1.26. The van der Waals surface area contributed by atoms with E-state index in [1.165, 1.54) is 17.9 Å². The van der Waals surface area contributed by atoms with Gasteiger partial charge < -0.3 is 8.75 Å². The summed E-state index contributed by atoms with van der Waals surface area (Å²) in [4.78, 5) is 3.63. The van der Waals surface area contributed by atoms with Crippen molar-refractivity contribution in [1.82, 2.24) is 9.55 Å². The van der Waals surface area contributed by atoms with Gasteiger partial charge in [0.2, 0.25) is 5.03 Å². The molecule has 0 aliphatic heterocycles. The number of nitrogens with zero attached hydrogens (tertiary/aromatic N) is 2. The average molecular weight is 325 g/mol. The lowest BCUT2D eigenvalue weighted by Gasteiger charge is -2.07. The molecule has 0 spiro atoms. The summed E-state index contributed by atoms with van der Waals surface area (Å²) in [6, 6.07) is 3.06. The van der Waals surface area contributed by atoms with Crippen molar-refractivity contribution in [2.24, 2.45) is 7.05 Å². The summed E-state index contributed by atoms with van der Waals surface area (Å²) in [5.41, 5.74) is 0. The lowest BCUT2D eigenvalue weighted by molar-refractivity contribution is 0.482. The Morgan fingerprint density at radius 2 is 2.05 bits per heavy atom. The molecule has 1 aromatic heterocycles. The number of aromatic nitrogens is 2. The van der Waals surface area contributed by atoms with Gasteiger partial charge in [-0.2, -0.15) is 8.42 Å². The number of imidazole rings is 1. The number of hydrogen-bond acceptors (Lipinski definition) is 4.